The zero-order valence-electron chi connectivity index (χ0n) is 7.71. The van der Waals surface area contributed by atoms with Crippen molar-refractivity contribution in [2.75, 3.05) is 5.75 Å². The average molecular weight is 229 g/mol. The molecule has 0 saturated carbocycles. The van der Waals surface area contributed by atoms with Crippen molar-refractivity contribution < 1.29 is 28.3 Å². The molecule has 6 N–H and O–H groups in total. The third-order valence-electron chi connectivity index (χ3n) is 1.86. The second-order valence-electron chi connectivity index (χ2n) is 3.44. The molecule has 0 aromatic heterocycles. The van der Waals surface area contributed by atoms with Crippen LogP contribution in [-0.4, -0.2) is 45.6 Å². The van der Waals surface area contributed by atoms with Crippen LogP contribution >= 0.6 is 0 Å². The van der Waals surface area contributed by atoms with Gasteiger partial charge >= 0.3 is 0 Å². The van der Waals surface area contributed by atoms with E-state index in [1.54, 1.807) is 0 Å². The number of aliphatic hydroxyl groups is 3. The van der Waals surface area contributed by atoms with Crippen molar-refractivity contribution in [2.45, 2.75) is 31.3 Å². The van der Waals surface area contributed by atoms with Crippen LogP contribution in [0.25, 0.3) is 0 Å². The summed E-state index contributed by atoms with van der Waals surface area (Å²) in [6.45, 7) is 1.15. The van der Waals surface area contributed by atoms with Crippen LogP contribution < -0.4 is 5.73 Å². The summed E-state index contributed by atoms with van der Waals surface area (Å²) in [5, 5.41) is 26.2. The molecule has 0 amide bonds. The van der Waals surface area contributed by atoms with Crippen molar-refractivity contribution in [3.63, 3.8) is 0 Å². The Morgan fingerprint density at radius 3 is 2.00 bits per heavy atom. The third-order valence-corrected chi connectivity index (χ3v) is 2.67. The summed E-state index contributed by atoms with van der Waals surface area (Å²) in [6.07, 6.45) is -0.258. The highest BCUT2D eigenvalue weighted by Crippen LogP contribution is 2.19. The molecule has 0 aromatic rings. The largest absolute Gasteiger partial charge is 0.342 e. The van der Waals surface area contributed by atoms with Gasteiger partial charge in [0.1, 0.15) is 0 Å². The minimum atomic E-state index is -4.09. The zero-order chi connectivity index (χ0) is 11.6. The Balaban J connectivity index is 4.15. The maximum Gasteiger partial charge on any atom is 0.294 e. The van der Waals surface area contributed by atoms with Gasteiger partial charge in [0.05, 0.1) is 11.3 Å². The molecule has 14 heavy (non-hydrogen) atoms. The van der Waals surface area contributed by atoms with Crippen LogP contribution in [0, 0.1) is 0 Å². The van der Waals surface area contributed by atoms with Gasteiger partial charge in [-0.1, -0.05) is 0 Å². The zero-order valence-corrected chi connectivity index (χ0v) is 8.53. The van der Waals surface area contributed by atoms with Gasteiger partial charge < -0.3 is 21.1 Å². The first-order valence-corrected chi connectivity index (χ1v) is 5.48. The van der Waals surface area contributed by atoms with E-state index in [0.29, 0.717) is 0 Å². The number of hydrogen-bond donors (Lipinski definition) is 5. The van der Waals surface area contributed by atoms with Crippen LogP contribution in [0.3, 0.4) is 0 Å². The highest BCUT2D eigenvalue weighted by Gasteiger charge is 2.40. The minimum Gasteiger partial charge on any atom is -0.342 e. The van der Waals surface area contributed by atoms with Gasteiger partial charge in [-0.2, -0.15) is 8.42 Å². The van der Waals surface area contributed by atoms with E-state index in [9.17, 15) is 8.42 Å². The lowest BCUT2D eigenvalue weighted by Crippen LogP contribution is -2.58. The first kappa shape index (κ1) is 13.8. The predicted molar refractivity (Wildman–Crippen MR) is 47.6 cm³/mol. The molecular formula is C6H15NO6S. The Hall–Kier alpha value is -0.250. The van der Waals surface area contributed by atoms with Crippen LogP contribution in [0.4, 0.5) is 0 Å². The predicted octanol–water partition coefficient (Wildman–Crippen LogP) is -2.00. The number of hydrogen-bond acceptors (Lipinski definition) is 6. The van der Waals surface area contributed by atoms with Gasteiger partial charge in [0.25, 0.3) is 16.1 Å². The van der Waals surface area contributed by atoms with Crippen molar-refractivity contribution in [1.82, 2.24) is 0 Å². The first-order valence-electron chi connectivity index (χ1n) is 3.87. The van der Waals surface area contributed by atoms with E-state index in [0.717, 1.165) is 6.92 Å². The van der Waals surface area contributed by atoms with E-state index in [1.165, 1.54) is 0 Å². The molecule has 0 heterocycles. The molecule has 0 aliphatic heterocycles. The molecule has 7 nitrogen and oxygen atoms in total. The summed E-state index contributed by atoms with van der Waals surface area (Å²) in [4.78, 5) is 0. The molecule has 0 bridgehead atoms. The Kier molecular flexibility index (Phi) is 4.02. The average Bonchev–Trinajstić information content (AvgIpc) is 1.80. The number of rotatable bonds is 5. The second kappa shape index (κ2) is 4.09. The molecule has 0 aliphatic carbocycles. The topological polar surface area (TPSA) is 141 Å². The molecule has 0 saturated heterocycles. The fourth-order valence-electron chi connectivity index (χ4n) is 0.790. The van der Waals surface area contributed by atoms with Gasteiger partial charge in [0.15, 0.2) is 0 Å². The van der Waals surface area contributed by atoms with Gasteiger partial charge in [-0.05, 0) is 19.8 Å². The summed E-state index contributed by atoms with van der Waals surface area (Å²) in [6, 6.07) is 0. The quantitative estimate of drug-likeness (QED) is 0.271. The lowest BCUT2D eigenvalue weighted by molar-refractivity contribution is -0.346. The number of nitrogens with two attached hydrogens (primary N) is 1. The Labute approximate surface area is 81.9 Å². The van der Waals surface area contributed by atoms with Crippen molar-refractivity contribution in [3.8, 4) is 0 Å². The summed E-state index contributed by atoms with van der Waals surface area (Å²) in [5.74, 6) is -3.62. The monoisotopic (exact) mass is 229 g/mol. The molecule has 8 heteroatoms. The molecule has 0 aliphatic rings. The van der Waals surface area contributed by atoms with Crippen molar-refractivity contribution >= 4 is 10.1 Å². The molecule has 0 spiro atoms. The lowest BCUT2D eigenvalue weighted by Gasteiger charge is -2.32. The van der Waals surface area contributed by atoms with Crippen LogP contribution in [0.5, 0.6) is 0 Å². The summed E-state index contributed by atoms with van der Waals surface area (Å²) >= 11 is 0. The van der Waals surface area contributed by atoms with Crippen LogP contribution in [0.1, 0.15) is 19.8 Å². The Morgan fingerprint density at radius 1 is 1.29 bits per heavy atom. The molecule has 1 unspecified atom stereocenters. The highest BCUT2D eigenvalue weighted by atomic mass is 32.2. The van der Waals surface area contributed by atoms with Gasteiger partial charge in [-0.25, -0.2) is 0 Å². The van der Waals surface area contributed by atoms with Crippen molar-refractivity contribution in [3.05, 3.63) is 0 Å². The normalized spacial score (nSPS) is 17.9. The standard InChI is InChI=1S/C6H15NO6S/c1-5(7,6(8,9)10)3-2-4-14(11,12)13/h8-10H,2-4,7H2,1H3,(H,11,12,13). The molecule has 0 fully saturated rings. The van der Waals surface area contributed by atoms with Gasteiger partial charge in [0.2, 0.25) is 0 Å². The summed E-state index contributed by atoms with van der Waals surface area (Å²) < 4.78 is 28.9. The van der Waals surface area contributed by atoms with Crippen molar-refractivity contribution in [1.29, 1.82) is 0 Å². The lowest BCUT2D eigenvalue weighted by atomic mass is 9.95. The first-order chi connectivity index (χ1) is 5.96. The van der Waals surface area contributed by atoms with Gasteiger partial charge in [-0.3, -0.25) is 4.55 Å². The van der Waals surface area contributed by atoms with E-state index in [-0.39, 0.29) is 12.8 Å². The fourth-order valence-corrected chi connectivity index (χ4v) is 1.30. The van der Waals surface area contributed by atoms with Crippen LogP contribution in [0.2, 0.25) is 0 Å². The highest BCUT2D eigenvalue weighted by molar-refractivity contribution is 7.85. The van der Waals surface area contributed by atoms with Crippen LogP contribution in [0.15, 0.2) is 0 Å². The third kappa shape index (κ3) is 4.84. The van der Waals surface area contributed by atoms with E-state index in [2.05, 4.69) is 0 Å². The fraction of sp³-hybridized carbons (Fsp3) is 1.00. The Bertz CT molecular complexity index is 277. The maximum atomic E-state index is 10.3. The van der Waals surface area contributed by atoms with Gasteiger partial charge in [0, 0.05) is 0 Å². The Morgan fingerprint density at radius 2 is 1.71 bits per heavy atom. The molecule has 1 atom stereocenters. The summed E-state index contributed by atoms with van der Waals surface area (Å²) in [5.41, 5.74) is 3.54. The molecule has 0 rings (SSSR count). The van der Waals surface area contributed by atoms with E-state index >= 15 is 0 Å². The maximum absolute atomic E-state index is 10.3. The van der Waals surface area contributed by atoms with E-state index < -0.39 is 27.4 Å². The smallest absolute Gasteiger partial charge is 0.294 e. The van der Waals surface area contributed by atoms with E-state index in [4.69, 9.17) is 25.6 Å². The van der Waals surface area contributed by atoms with E-state index in [1.807, 2.05) is 0 Å². The van der Waals surface area contributed by atoms with Gasteiger partial charge in [-0.15, -0.1) is 0 Å². The second-order valence-corrected chi connectivity index (χ2v) is 5.01. The van der Waals surface area contributed by atoms with Crippen molar-refractivity contribution in [2.24, 2.45) is 5.73 Å². The molecule has 0 radical (unpaired) electrons. The van der Waals surface area contributed by atoms with Crippen LogP contribution in [-0.2, 0) is 10.1 Å². The SMILES string of the molecule is CC(N)(CCCS(=O)(=O)O)C(O)(O)O. The minimum absolute atomic E-state index is 0.0880. The molecule has 86 valence electrons. The molecule has 0 aromatic carbocycles. The summed E-state index contributed by atoms with van der Waals surface area (Å²) in [7, 11) is -4.09. The molecular weight excluding hydrogens is 214 g/mol.